The number of rotatable bonds is 5. The molecule has 1 aliphatic rings. The number of amides is 1. The predicted octanol–water partition coefficient (Wildman–Crippen LogP) is 6.86. The first-order chi connectivity index (χ1) is 13.2. The van der Waals surface area contributed by atoms with E-state index in [1.807, 2.05) is 54.2 Å². The molecule has 0 atom stereocenters. The lowest BCUT2D eigenvalue weighted by Crippen LogP contribution is -2.13. The Labute approximate surface area is 177 Å². The standard InChI is InChI=1S/C22H22INO2S/c23-15-10-12-16(13-11-15)24-22(25)21-19(14-27-17-6-2-1-3-7-17)18-8-4-5-9-20(18)26-21/h4-5,8-13,17H,1-3,6-7,14H2,(H,24,25). The lowest BCUT2D eigenvalue weighted by molar-refractivity contribution is 0.0998. The molecule has 3 nitrogen and oxygen atoms in total. The lowest BCUT2D eigenvalue weighted by atomic mass is 10.0. The second-order valence-corrected chi connectivity index (χ2v) is 9.47. The van der Waals surface area contributed by atoms with Crippen LogP contribution in [-0.4, -0.2) is 11.2 Å². The van der Waals surface area contributed by atoms with Gasteiger partial charge in [-0.3, -0.25) is 4.79 Å². The maximum absolute atomic E-state index is 12.9. The molecule has 1 N–H and O–H groups in total. The molecule has 5 heteroatoms. The van der Waals surface area contributed by atoms with Gasteiger partial charge in [0.05, 0.1) is 0 Å². The molecule has 1 fully saturated rings. The van der Waals surface area contributed by atoms with Crippen LogP contribution in [0.2, 0.25) is 0 Å². The predicted molar refractivity (Wildman–Crippen MR) is 121 cm³/mol. The minimum Gasteiger partial charge on any atom is -0.451 e. The van der Waals surface area contributed by atoms with Crippen LogP contribution in [0, 0.1) is 3.57 Å². The number of furan rings is 1. The summed E-state index contributed by atoms with van der Waals surface area (Å²) >= 11 is 4.22. The number of hydrogen-bond donors (Lipinski definition) is 1. The van der Waals surface area contributed by atoms with Gasteiger partial charge in [0, 0.05) is 31.2 Å². The molecular weight excluding hydrogens is 469 g/mol. The van der Waals surface area contributed by atoms with Gasteiger partial charge in [-0.2, -0.15) is 11.8 Å². The average Bonchev–Trinajstić information content (AvgIpc) is 3.08. The van der Waals surface area contributed by atoms with Crippen LogP contribution < -0.4 is 5.32 Å². The first-order valence-corrected chi connectivity index (χ1v) is 11.5. The van der Waals surface area contributed by atoms with Gasteiger partial charge in [-0.15, -0.1) is 0 Å². The summed E-state index contributed by atoms with van der Waals surface area (Å²) in [6.07, 6.45) is 6.57. The van der Waals surface area contributed by atoms with Gasteiger partial charge in [-0.05, 0) is 65.8 Å². The minimum absolute atomic E-state index is 0.174. The van der Waals surface area contributed by atoms with Crippen molar-refractivity contribution in [1.29, 1.82) is 0 Å². The van der Waals surface area contributed by atoms with Crippen LogP contribution in [0.4, 0.5) is 5.69 Å². The molecule has 0 spiro atoms. The van der Waals surface area contributed by atoms with Gasteiger partial charge in [0.2, 0.25) is 0 Å². The van der Waals surface area contributed by atoms with Crippen LogP contribution in [0.5, 0.6) is 0 Å². The van der Waals surface area contributed by atoms with Crippen LogP contribution in [0.3, 0.4) is 0 Å². The molecule has 0 saturated heterocycles. The molecule has 4 rings (SSSR count). The Hall–Kier alpha value is -1.47. The van der Waals surface area contributed by atoms with E-state index < -0.39 is 0 Å². The topological polar surface area (TPSA) is 42.2 Å². The fourth-order valence-electron chi connectivity index (χ4n) is 3.58. The fourth-order valence-corrected chi connectivity index (χ4v) is 5.29. The molecule has 1 aliphatic carbocycles. The van der Waals surface area contributed by atoms with Crippen molar-refractivity contribution >= 4 is 56.9 Å². The molecule has 0 unspecified atom stereocenters. The quantitative estimate of drug-likeness (QED) is 0.397. The second kappa shape index (κ2) is 8.69. The third-order valence-electron chi connectivity index (χ3n) is 5.02. The van der Waals surface area contributed by atoms with E-state index in [2.05, 4.69) is 34.0 Å². The van der Waals surface area contributed by atoms with Gasteiger partial charge >= 0.3 is 0 Å². The number of fused-ring (bicyclic) bond motifs is 1. The molecule has 1 aromatic heterocycles. The number of carbonyl (C=O) groups excluding carboxylic acids is 1. The summed E-state index contributed by atoms with van der Waals surface area (Å²) < 4.78 is 7.11. The maximum Gasteiger partial charge on any atom is 0.291 e. The summed E-state index contributed by atoms with van der Waals surface area (Å²) in [5.74, 6) is 1.08. The van der Waals surface area contributed by atoms with Crippen LogP contribution in [0.15, 0.2) is 52.9 Å². The van der Waals surface area contributed by atoms with Crippen LogP contribution in [0.25, 0.3) is 11.0 Å². The molecule has 1 saturated carbocycles. The van der Waals surface area contributed by atoms with E-state index in [1.54, 1.807) is 0 Å². The number of hydrogen-bond acceptors (Lipinski definition) is 3. The zero-order chi connectivity index (χ0) is 18.6. The Bertz CT molecular complexity index is 929. The van der Waals surface area contributed by atoms with Crippen molar-refractivity contribution in [2.24, 2.45) is 0 Å². The fraction of sp³-hybridized carbons (Fsp3) is 0.318. The van der Waals surface area contributed by atoms with E-state index in [1.165, 1.54) is 32.1 Å². The van der Waals surface area contributed by atoms with E-state index in [0.29, 0.717) is 11.0 Å². The molecule has 3 aromatic rings. The van der Waals surface area contributed by atoms with Gasteiger partial charge in [0.15, 0.2) is 5.76 Å². The highest BCUT2D eigenvalue weighted by Gasteiger charge is 2.22. The first-order valence-electron chi connectivity index (χ1n) is 9.39. The smallest absolute Gasteiger partial charge is 0.291 e. The zero-order valence-corrected chi connectivity index (χ0v) is 18.0. The van der Waals surface area contributed by atoms with Crippen molar-refractivity contribution in [3.63, 3.8) is 0 Å². The number of carbonyl (C=O) groups is 1. The highest BCUT2D eigenvalue weighted by molar-refractivity contribution is 14.1. The third-order valence-corrected chi connectivity index (χ3v) is 7.14. The van der Waals surface area contributed by atoms with Crippen molar-refractivity contribution in [3.8, 4) is 0 Å². The number of halogens is 1. The van der Waals surface area contributed by atoms with E-state index in [0.717, 1.165) is 31.5 Å². The van der Waals surface area contributed by atoms with Crippen LogP contribution >= 0.6 is 34.4 Å². The van der Waals surface area contributed by atoms with Crippen molar-refractivity contribution in [2.45, 2.75) is 43.1 Å². The van der Waals surface area contributed by atoms with E-state index >= 15 is 0 Å². The molecule has 1 heterocycles. The van der Waals surface area contributed by atoms with E-state index in [-0.39, 0.29) is 5.91 Å². The molecule has 0 radical (unpaired) electrons. The lowest BCUT2D eigenvalue weighted by Gasteiger charge is -2.20. The molecule has 27 heavy (non-hydrogen) atoms. The number of nitrogens with one attached hydrogen (secondary N) is 1. The van der Waals surface area contributed by atoms with Gasteiger partial charge in [-0.1, -0.05) is 37.5 Å². The SMILES string of the molecule is O=C(Nc1ccc(I)cc1)c1oc2ccccc2c1CSC1CCCCC1. The normalized spacial score (nSPS) is 15.1. The van der Waals surface area contributed by atoms with Crippen molar-refractivity contribution in [1.82, 2.24) is 0 Å². The number of para-hydroxylation sites is 1. The van der Waals surface area contributed by atoms with Gasteiger partial charge in [0.25, 0.3) is 5.91 Å². The van der Waals surface area contributed by atoms with Gasteiger partial charge in [-0.25, -0.2) is 0 Å². The number of anilines is 1. The Morgan fingerprint density at radius 3 is 2.59 bits per heavy atom. The molecule has 0 aliphatic heterocycles. The van der Waals surface area contributed by atoms with E-state index in [4.69, 9.17) is 4.42 Å². The average molecular weight is 491 g/mol. The summed E-state index contributed by atoms with van der Waals surface area (Å²) in [6, 6.07) is 15.7. The van der Waals surface area contributed by atoms with Gasteiger partial charge in [0.1, 0.15) is 5.58 Å². The summed E-state index contributed by atoms with van der Waals surface area (Å²) in [6.45, 7) is 0. The summed E-state index contributed by atoms with van der Waals surface area (Å²) in [5.41, 5.74) is 2.58. The molecule has 0 bridgehead atoms. The maximum atomic E-state index is 12.9. The highest BCUT2D eigenvalue weighted by Crippen LogP contribution is 2.35. The third kappa shape index (κ3) is 4.51. The second-order valence-electron chi connectivity index (χ2n) is 6.94. The van der Waals surface area contributed by atoms with Crippen molar-refractivity contribution in [2.75, 3.05) is 5.32 Å². The Morgan fingerprint density at radius 1 is 1.07 bits per heavy atom. The minimum atomic E-state index is -0.174. The van der Waals surface area contributed by atoms with E-state index in [9.17, 15) is 4.79 Å². The Kier molecular flexibility index (Phi) is 6.08. The largest absolute Gasteiger partial charge is 0.451 e. The molecule has 1 amide bonds. The Morgan fingerprint density at radius 2 is 1.81 bits per heavy atom. The summed E-state index contributed by atoms with van der Waals surface area (Å²) in [7, 11) is 0. The van der Waals surface area contributed by atoms with Crippen LogP contribution in [-0.2, 0) is 5.75 Å². The van der Waals surface area contributed by atoms with Crippen molar-refractivity contribution < 1.29 is 9.21 Å². The first kappa shape index (κ1) is 18.9. The zero-order valence-electron chi connectivity index (χ0n) is 15.0. The summed E-state index contributed by atoms with van der Waals surface area (Å²) in [4.78, 5) is 12.9. The number of benzene rings is 2. The monoisotopic (exact) mass is 491 g/mol. The summed E-state index contributed by atoms with van der Waals surface area (Å²) in [5, 5.41) is 4.72. The number of thioether (sulfide) groups is 1. The van der Waals surface area contributed by atoms with Crippen LogP contribution in [0.1, 0.15) is 48.2 Å². The highest BCUT2D eigenvalue weighted by atomic mass is 127. The molecule has 140 valence electrons. The van der Waals surface area contributed by atoms with Gasteiger partial charge < -0.3 is 9.73 Å². The Balaban J connectivity index is 1.58. The molecular formula is C22H22INO2S. The van der Waals surface area contributed by atoms with Crippen molar-refractivity contribution in [3.05, 3.63) is 63.4 Å². The molecule has 2 aromatic carbocycles.